The highest BCUT2D eigenvalue weighted by atomic mass is 16.5. The molecule has 0 radical (unpaired) electrons. The predicted molar refractivity (Wildman–Crippen MR) is 97.4 cm³/mol. The molecule has 25 heavy (non-hydrogen) atoms. The molecular weight excluding hydrogens is 318 g/mol. The number of benzene rings is 1. The van der Waals surface area contributed by atoms with E-state index in [2.05, 4.69) is 10.2 Å². The third-order valence-electron chi connectivity index (χ3n) is 4.10. The number of nitrogens with one attached hydrogen (secondary N) is 1. The molecule has 0 aromatic heterocycles. The average molecular weight is 347 g/mol. The highest BCUT2D eigenvalue weighted by Gasteiger charge is 2.29. The fourth-order valence-electron chi connectivity index (χ4n) is 2.72. The second-order valence-corrected chi connectivity index (χ2v) is 7.33. The summed E-state index contributed by atoms with van der Waals surface area (Å²) in [5.41, 5.74) is -0.349. The average Bonchev–Trinajstić information content (AvgIpc) is 2.59. The first-order chi connectivity index (χ1) is 11.9. The van der Waals surface area contributed by atoms with Crippen molar-refractivity contribution in [3.05, 3.63) is 30.3 Å². The summed E-state index contributed by atoms with van der Waals surface area (Å²) in [5.74, 6) is 0.971. The zero-order valence-electron chi connectivity index (χ0n) is 15.5. The molecule has 2 rings (SSSR count). The molecule has 138 valence electrons. The SMILES string of the molecule is CC(C)(C)C(=O)N1CCN(CC(=O)NCCOc2ccccc2)CC1. The number of rotatable bonds is 6. The third-order valence-corrected chi connectivity index (χ3v) is 4.10. The monoisotopic (exact) mass is 347 g/mol. The summed E-state index contributed by atoms with van der Waals surface area (Å²) in [5, 5.41) is 2.87. The first-order valence-corrected chi connectivity index (χ1v) is 8.82. The maximum absolute atomic E-state index is 12.3. The van der Waals surface area contributed by atoms with Gasteiger partial charge in [-0.1, -0.05) is 39.0 Å². The fourth-order valence-corrected chi connectivity index (χ4v) is 2.72. The van der Waals surface area contributed by atoms with E-state index in [4.69, 9.17) is 4.74 Å². The zero-order chi connectivity index (χ0) is 18.3. The molecule has 0 unspecified atom stereocenters. The van der Waals surface area contributed by atoms with Gasteiger partial charge < -0.3 is 15.0 Å². The maximum atomic E-state index is 12.3. The van der Waals surface area contributed by atoms with E-state index < -0.39 is 0 Å². The number of nitrogens with zero attached hydrogens (tertiary/aromatic N) is 2. The van der Waals surface area contributed by atoms with Crippen molar-refractivity contribution in [3.8, 4) is 5.75 Å². The largest absolute Gasteiger partial charge is 0.492 e. The molecule has 0 spiro atoms. The van der Waals surface area contributed by atoms with Crippen LogP contribution in [0.1, 0.15) is 20.8 Å². The van der Waals surface area contributed by atoms with Crippen LogP contribution in [0.2, 0.25) is 0 Å². The Morgan fingerprint density at radius 2 is 1.72 bits per heavy atom. The van der Waals surface area contributed by atoms with Crippen molar-refractivity contribution in [1.29, 1.82) is 0 Å². The quantitative estimate of drug-likeness (QED) is 0.790. The van der Waals surface area contributed by atoms with Crippen LogP contribution in [0.15, 0.2) is 30.3 Å². The van der Waals surface area contributed by atoms with Crippen LogP contribution in [0.4, 0.5) is 0 Å². The lowest BCUT2D eigenvalue weighted by Crippen LogP contribution is -2.53. The molecule has 1 aromatic carbocycles. The molecule has 1 aliphatic heterocycles. The van der Waals surface area contributed by atoms with Crippen molar-refractivity contribution in [1.82, 2.24) is 15.1 Å². The minimum atomic E-state index is -0.349. The molecule has 1 aliphatic rings. The zero-order valence-corrected chi connectivity index (χ0v) is 15.5. The second-order valence-electron chi connectivity index (χ2n) is 7.33. The van der Waals surface area contributed by atoms with Gasteiger partial charge in [0.05, 0.1) is 13.1 Å². The Labute approximate surface area is 150 Å². The molecule has 0 aliphatic carbocycles. The lowest BCUT2D eigenvalue weighted by Gasteiger charge is -2.37. The summed E-state index contributed by atoms with van der Waals surface area (Å²) >= 11 is 0. The van der Waals surface area contributed by atoms with E-state index in [0.717, 1.165) is 18.8 Å². The summed E-state index contributed by atoms with van der Waals surface area (Å²) in [6.07, 6.45) is 0. The van der Waals surface area contributed by atoms with E-state index in [1.54, 1.807) is 0 Å². The van der Waals surface area contributed by atoms with Crippen LogP contribution in [0.3, 0.4) is 0 Å². The van der Waals surface area contributed by atoms with Crippen LogP contribution >= 0.6 is 0 Å². The Hall–Kier alpha value is -2.08. The van der Waals surface area contributed by atoms with Crippen LogP contribution in [0, 0.1) is 5.41 Å². The Morgan fingerprint density at radius 1 is 1.08 bits per heavy atom. The van der Waals surface area contributed by atoms with Crippen LogP contribution < -0.4 is 10.1 Å². The Morgan fingerprint density at radius 3 is 2.32 bits per heavy atom. The third kappa shape index (κ3) is 6.38. The highest BCUT2D eigenvalue weighted by Crippen LogP contribution is 2.18. The molecule has 1 aromatic rings. The van der Waals surface area contributed by atoms with Gasteiger partial charge in [0.2, 0.25) is 11.8 Å². The van der Waals surface area contributed by atoms with E-state index in [-0.39, 0.29) is 17.2 Å². The van der Waals surface area contributed by atoms with Gasteiger partial charge in [-0.15, -0.1) is 0 Å². The second kappa shape index (κ2) is 8.85. The van der Waals surface area contributed by atoms with Crippen molar-refractivity contribution < 1.29 is 14.3 Å². The number of carbonyl (C=O) groups excluding carboxylic acids is 2. The van der Waals surface area contributed by atoms with E-state index in [1.165, 1.54) is 0 Å². The molecular formula is C19H29N3O3. The molecule has 1 heterocycles. The molecule has 0 saturated carbocycles. The summed E-state index contributed by atoms with van der Waals surface area (Å²) in [6.45, 7) is 9.93. The number of hydrogen-bond acceptors (Lipinski definition) is 4. The standard InChI is InChI=1S/C19H29N3O3/c1-19(2,3)18(24)22-12-10-21(11-13-22)15-17(23)20-9-14-25-16-7-5-4-6-8-16/h4-8H,9-15H2,1-3H3,(H,20,23). The van der Waals surface area contributed by atoms with Crippen LogP contribution in [0.25, 0.3) is 0 Å². The van der Waals surface area contributed by atoms with E-state index >= 15 is 0 Å². The normalized spacial score (nSPS) is 15.7. The van der Waals surface area contributed by atoms with Crippen molar-refractivity contribution in [3.63, 3.8) is 0 Å². The van der Waals surface area contributed by atoms with Gasteiger partial charge in [0.15, 0.2) is 0 Å². The minimum Gasteiger partial charge on any atom is -0.492 e. The summed E-state index contributed by atoms with van der Waals surface area (Å²) < 4.78 is 5.55. The predicted octanol–water partition coefficient (Wildman–Crippen LogP) is 1.37. The highest BCUT2D eigenvalue weighted by molar-refractivity contribution is 5.81. The van der Waals surface area contributed by atoms with Crippen molar-refractivity contribution in [2.45, 2.75) is 20.8 Å². The van der Waals surface area contributed by atoms with E-state index in [0.29, 0.717) is 32.8 Å². The Kier molecular flexibility index (Phi) is 6.82. The number of carbonyl (C=O) groups is 2. The minimum absolute atomic E-state index is 0.00717. The number of hydrogen-bond donors (Lipinski definition) is 1. The first kappa shape index (κ1) is 19.2. The van der Waals surface area contributed by atoms with Gasteiger partial charge in [-0.05, 0) is 12.1 Å². The summed E-state index contributed by atoms with van der Waals surface area (Å²) in [6, 6.07) is 9.54. The Bertz CT molecular complexity index is 561. The van der Waals surface area contributed by atoms with Crippen LogP contribution in [-0.2, 0) is 9.59 Å². The summed E-state index contributed by atoms with van der Waals surface area (Å²) in [4.78, 5) is 28.2. The molecule has 6 nitrogen and oxygen atoms in total. The number of amides is 2. The van der Waals surface area contributed by atoms with Gasteiger partial charge >= 0.3 is 0 Å². The maximum Gasteiger partial charge on any atom is 0.234 e. The summed E-state index contributed by atoms with van der Waals surface area (Å²) in [7, 11) is 0. The van der Waals surface area contributed by atoms with Gasteiger partial charge in [-0.25, -0.2) is 0 Å². The first-order valence-electron chi connectivity index (χ1n) is 8.82. The molecule has 0 atom stereocenters. The lowest BCUT2D eigenvalue weighted by atomic mass is 9.94. The van der Waals surface area contributed by atoms with E-state index in [9.17, 15) is 9.59 Å². The van der Waals surface area contributed by atoms with Gasteiger partial charge in [0.25, 0.3) is 0 Å². The topological polar surface area (TPSA) is 61.9 Å². The van der Waals surface area contributed by atoms with Gasteiger partial charge in [-0.2, -0.15) is 0 Å². The number of ether oxygens (including phenoxy) is 1. The molecule has 0 bridgehead atoms. The van der Waals surface area contributed by atoms with Crippen LogP contribution in [-0.4, -0.2) is 67.5 Å². The van der Waals surface area contributed by atoms with E-state index in [1.807, 2.05) is 56.0 Å². The van der Waals surface area contributed by atoms with Crippen molar-refractivity contribution in [2.75, 3.05) is 45.9 Å². The Balaban J connectivity index is 1.61. The molecule has 6 heteroatoms. The molecule has 1 saturated heterocycles. The van der Waals surface area contributed by atoms with Gasteiger partial charge in [0.1, 0.15) is 12.4 Å². The van der Waals surface area contributed by atoms with Crippen molar-refractivity contribution in [2.24, 2.45) is 5.41 Å². The molecule has 1 N–H and O–H groups in total. The van der Waals surface area contributed by atoms with Crippen molar-refractivity contribution >= 4 is 11.8 Å². The molecule has 2 amide bonds. The lowest BCUT2D eigenvalue weighted by molar-refractivity contribution is -0.141. The number of piperazine rings is 1. The van der Waals surface area contributed by atoms with Crippen LogP contribution in [0.5, 0.6) is 5.75 Å². The van der Waals surface area contributed by atoms with Gasteiger partial charge in [0, 0.05) is 31.6 Å². The van der Waals surface area contributed by atoms with Gasteiger partial charge in [-0.3, -0.25) is 14.5 Å². The fraction of sp³-hybridized carbons (Fsp3) is 0.579. The molecule has 1 fully saturated rings. The number of para-hydroxylation sites is 1. The smallest absolute Gasteiger partial charge is 0.234 e.